The normalized spacial score (nSPS) is 16.7. The van der Waals surface area contributed by atoms with Gasteiger partial charge in [0.1, 0.15) is 10.5 Å². The van der Waals surface area contributed by atoms with Gasteiger partial charge in [0, 0.05) is 6.07 Å². The van der Waals surface area contributed by atoms with Crippen molar-refractivity contribution in [2.75, 3.05) is 13.2 Å². The maximum Gasteiger partial charge on any atom is 0.283 e. The molecule has 1 aliphatic heterocycles. The fourth-order valence-corrected chi connectivity index (χ4v) is 3.34. The lowest BCUT2D eigenvalue weighted by molar-refractivity contribution is -0.385. The Hall–Kier alpha value is -2.00. The number of hydrogen-bond donors (Lipinski definition) is 1. The van der Waals surface area contributed by atoms with E-state index in [0.29, 0.717) is 4.31 Å². The lowest BCUT2D eigenvalue weighted by Crippen LogP contribution is -2.32. The van der Waals surface area contributed by atoms with Crippen LogP contribution in [-0.2, 0) is 10.0 Å². The van der Waals surface area contributed by atoms with Crippen molar-refractivity contribution in [1.29, 1.82) is 0 Å². The SMILES string of the molecule is O=C1c2c([N+](=O)[O-])cccc2S(=O)(=O)N1CCO. The van der Waals surface area contributed by atoms with E-state index in [4.69, 9.17) is 5.11 Å². The summed E-state index contributed by atoms with van der Waals surface area (Å²) in [5.41, 5.74) is -1.00. The highest BCUT2D eigenvalue weighted by Crippen LogP contribution is 2.35. The molecule has 1 aliphatic rings. The fourth-order valence-electron chi connectivity index (χ4n) is 1.77. The number of nitro groups is 1. The summed E-state index contributed by atoms with van der Waals surface area (Å²) in [6.07, 6.45) is 0. The van der Waals surface area contributed by atoms with Crippen LogP contribution < -0.4 is 0 Å². The zero-order valence-electron chi connectivity index (χ0n) is 8.94. The number of carbonyl (C=O) groups is 1. The standard InChI is InChI=1S/C9H8N2O6S/c12-5-4-10-9(13)8-6(11(14)15)2-1-3-7(8)18(10,16)17/h1-3,12H,4-5H2. The van der Waals surface area contributed by atoms with Crippen molar-refractivity contribution >= 4 is 21.6 Å². The predicted octanol–water partition coefficient (Wildman–Crippen LogP) is -0.268. The zero-order valence-corrected chi connectivity index (χ0v) is 9.75. The minimum absolute atomic E-state index is 0.393. The van der Waals surface area contributed by atoms with Gasteiger partial charge in [0.15, 0.2) is 0 Å². The molecule has 0 fully saturated rings. The maximum absolute atomic E-state index is 11.9. The van der Waals surface area contributed by atoms with Gasteiger partial charge in [-0.15, -0.1) is 0 Å². The Morgan fingerprint density at radius 2 is 2.06 bits per heavy atom. The summed E-state index contributed by atoms with van der Waals surface area (Å²) in [4.78, 5) is 21.4. The Labute approximate surface area is 102 Å². The van der Waals surface area contributed by atoms with Crippen LogP contribution in [0.2, 0.25) is 0 Å². The topological polar surface area (TPSA) is 118 Å². The molecule has 0 atom stereocenters. The number of aliphatic hydroxyl groups is 1. The van der Waals surface area contributed by atoms with E-state index < -0.39 is 50.2 Å². The molecule has 9 heteroatoms. The molecule has 0 spiro atoms. The molecule has 1 amide bonds. The van der Waals surface area contributed by atoms with E-state index in [1.807, 2.05) is 0 Å². The van der Waals surface area contributed by atoms with Crippen molar-refractivity contribution in [3.05, 3.63) is 33.9 Å². The highest BCUT2D eigenvalue weighted by atomic mass is 32.2. The van der Waals surface area contributed by atoms with Gasteiger partial charge >= 0.3 is 0 Å². The molecule has 8 nitrogen and oxygen atoms in total. The summed E-state index contributed by atoms with van der Waals surface area (Å²) in [6, 6.07) is 3.39. The number of nitrogens with zero attached hydrogens (tertiary/aromatic N) is 2. The molecular formula is C9H8N2O6S. The highest BCUT2D eigenvalue weighted by molar-refractivity contribution is 7.90. The van der Waals surface area contributed by atoms with Crippen molar-refractivity contribution < 1.29 is 23.2 Å². The molecule has 1 N–H and O–H groups in total. The number of benzene rings is 1. The predicted molar refractivity (Wildman–Crippen MR) is 58.4 cm³/mol. The van der Waals surface area contributed by atoms with Crippen LogP contribution in [0, 0.1) is 10.1 Å². The minimum Gasteiger partial charge on any atom is -0.394 e. The molecule has 0 bridgehead atoms. The maximum atomic E-state index is 11.9. The van der Waals surface area contributed by atoms with Crippen LogP contribution >= 0.6 is 0 Å². The molecule has 96 valence electrons. The van der Waals surface area contributed by atoms with Crippen molar-refractivity contribution in [2.24, 2.45) is 0 Å². The van der Waals surface area contributed by atoms with Gasteiger partial charge in [0.05, 0.1) is 18.1 Å². The molecule has 1 heterocycles. The number of hydrogen-bond acceptors (Lipinski definition) is 6. The van der Waals surface area contributed by atoms with E-state index >= 15 is 0 Å². The molecular weight excluding hydrogens is 264 g/mol. The van der Waals surface area contributed by atoms with Crippen LogP contribution in [0.25, 0.3) is 0 Å². The van der Waals surface area contributed by atoms with Gasteiger partial charge in [0.25, 0.3) is 21.6 Å². The van der Waals surface area contributed by atoms with Crippen molar-refractivity contribution in [2.45, 2.75) is 4.90 Å². The molecule has 1 aromatic rings. The van der Waals surface area contributed by atoms with Gasteiger partial charge in [-0.1, -0.05) is 6.07 Å². The molecule has 0 radical (unpaired) electrons. The number of aliphatic hydroxyl groups excluding tert-OH is 1. The van der Waals surface area contributed by atoms with Gasteiger partial charge in [-0.25, -0.2) is 12.7 Å². The number of sulfonamides is 1. The van der Waals surface area contributed by atoms with Crippen molar-refractivity contribution in [1.82, 2.24) is 4.31 Å². The Morgan fingerprint density at radius 1 is 1.39 bits per heavy atom. The Balaban J connectivity index is 2.72. The minimum atomic E-state index is -4.09. The highest BCUT2D eigenvalue weighted by Gasteiger charge is 2.45. The smallest absolute Gasteiger partial charge is 0.283 e. The van der Waals surface area contributed by atoms with Gasteiger partial charge in [-0.3, -0.25) is 14.9 Å². The number of rotatable bonds is 3. The third-order valence-electron chi connectivity index (χ3n) is 2.51. The van der Waals surface area contributed by atoms with Gasteiger partial charge < -0.3 is 5.11 Å². The summed E-state index contributed by atoms with van der Waals surface area (Å²) >= 11 is 0. The van der Waals surface area contributed by atoms with Crippen molar-refractivity contribution in [3.8, 4) is 0 Å². The number of β-amino-alcohol motifs (C(OH)–C–C–N with tert-alkyl or cyclic N) is 1. The van der Waals surface area contributed by atoms with Crippen LogP contribution in [0.1, 0.15) is 10.4 Å². The number of fused-ring (bicyclic) bond motifs is 1. The summed E-state index contributed by atoms with van der Waals surface area (Å²) in [5.74, 6) is -0.980. The first kappa shape index (κ1) is 12.5. The third kappa shape index (κ3) is 1.56. The third-order valence-corrected chi connectivity index (χ3v) is 4.34. The van der Waals surface area contributed by atoms with E-state index in [1.54, 1.807) is 0 Å². The van der Waals surface area contributed by atoms with Gasteiger partial charge in [-0.05, 0) is 6.07 Å². The Morgan fingerprint density at radius 3 is 2.61 bits per heavy atom. The Kier molecular flexibility index (Phi) is 2.79. The van der Waals surface area contributed by atoms with E-state index in [1.165, 1.54) is 6.07 Å². The van der Waals surface area contributed by atoms with Crippen LogP contribution in [0.3, 0.4) is 0 Å². The summed E-state index contributed by atoms with van der Waals surface area (Å²) in [5, 5.41) is 19.5. The summed E-state index contributed by atoms with van der Waals surface area (Å²) < 4.78 is 24.3. The van der Waals surface area contributed by atoms with E-state index in [0.717, 1.165) is 12.1 Å². The molecule has 0 aromatic heterocycles. The lowest BCUT2D eigenvalue weighted by atomic mass is 10.1. The summed E-state index contributed by atoms with van der Waals surface area (Å²) in [7, 11) is -4.09. The first-order valence-corrected chi connectivity index (χ1v) is 6.30. The number of nitro benzene ring substituents is 1. The van der Waals surface area contributed by atoms with Gasteiger partial charge in [0.2, 0.25) is 0 Å². The first-order valence-electron chi connectivity index (χ1n) is 4.86. The monoisotopic (exact) mass is 272 g/mol. The van der Waals surface area contributed by atoms with E-state index in [-0.39, 0.29) is 0 Å². The second-order valence-corrected chi connectivity index (χ2v) is 5.34. The molecule has 0 saturated carbocycles. The first-order chi connectivity index (χ1) is 8.41. The van der Waals surface area contributed by atoms with Crippen molar-refractivity contribution in [3.63, 3.8) is 0 Å². The number of carbonyl (C=O) groups excluding carboxylic acids is 1. The summed E-state index contributed by atoms with van der Waals surface area (Å²) in [6.45, 7) is -0.972. The molecule has 1 aromatic carbocycles. The van der Waals surface area contributed by atoms with E-state index in [9.17, 15) is 23.3 Å². The largest absolute Gasteiger partial charge is 0.394 e. The average molecular weight is 272 g/mol. The lowest BCUT2D eigenvalue weighted by Gasteiger charge is -2.12. The fraction of sp³-hybridized carbons (Fsp3) is 0.222. The second-order valence-electron chi connectivity index (χ2n) is 3.51. The van der Waals surface area contributed by atoms with E-state index in [2.05, 4.69) is 0 Å². The molecule has 0 aliphatic carbocycles. The Bertz CT molecular complexity index is 638. The second kappa shape index (κ2) is 4.03. The number of amides is 1. The van der Waals surface area contributed by atoms with Crippen LogP contribution in [0.4, 0.5) is 5.69 Å². The molecule has 18 heavy (non-hydrogen) atoms. The molecule has 0 unspecified atom stereocenters. The van der Waals surface area contributed by atoms with Crippen LogP contribution in [0.5, 0.6) is 0 Å². The van der Waals surface area contributed by atoms with Crippen LogP contribution in [-0.4, -0.2) is 41.8 Å². The van der Waals surface area contributed by atoms with Crippen LogP contribution in [0.15, 0.2) is 23.1 Å². The molecule has 2 rings (SSSR count). The average Bonchev–Trinajstić information content (AvgIpc) is 2.51. The molecule has 0 saturated heterocycles. The van der Waals surface area contributed by atoms with Gasteiger partial charge in [-0.2, -0.15) is 0 Å². The quantitative estimate of drug-likeness (QED) is 0.597. The zero-order chi connectivity index (χ0) is 13.5.